The number of anilines is 1. The standard InChI is InChI=1S/C33H39Cl3N4O3/c1-21-13-29(35)32(30(36)14-21)43-27-9-11-39(20-27)31-8-4-23(18-38-31)16-24(17-37)33(41)40(26-5-6-26)19-25-15-22(10-12-42-2)3-7-28(25)34/h3-4,7-8,13-15,18,24,26-27H,5-6,9-12,16-17,19-20,37H2,1-2H3/t24-,27+/m1/s1. The van der Waals surface area contributed by atoms with E-state index in [2.05, 4.69) is 11.0 Å². The fraction of sp³-hybridized carbons (Fsp3) is 0.455. The van der Waals surface area contributed by atoms with Gasteiger partial charge in [0.05, 0.1) is 29.1 Å². The van der Waals surface area contributed by atoms with Gasteiger partial charge in [-0.25, -0.2) is 4.98 Å². The van der Waals surface area contributed by atoms with E-state index in [4.69, 9.17) is 55.0 Å². The number of aromatic nitrogens is 1. The van der Waals surface area contributed by atoms with Crippen LogP contribution in [0.25, 0.3) is 0 Å². The number of halogens is 3. The SMILES string of the molecule is COCCc1ccc(Cl)c(CN(C(=O)[C@@H](CN)Cc2ccc(N3CC[C@H](Oc4c(Cl)cc(C)cc4Cl)C3)nc2)C2CC2)c1. The summed E-state index contributed by atoms with van der Waals surface area (Å²) in [6, 6.07) is 14.0. The lowest BCUT2D eigenvalue weighted by Gasteiger charge is -2.28. The van der Waals surface area contributed by atoms with Crippen LogP contribution in [0.15, 0.2) is 48.7 Å². The monoisotopic (exact) mass is 644 g/mol. The molecule has 5 rings (SSSR count). The first-order valence-corrected chi connectivity index (χ1v) is 16.0. The quantitative estimate of drug-likeness (QED) is 0.229. The number of carbonyl (C=O) groups excluding carboxylic acids is 1. The summed E-state index contributed by atoms with van der Waals surface area (Å²) in [6.45, 7) is 4.83. The number of pyridine rings is 1. The second kappa shape index (κ2) is 14.5. The number of carbonyl (C=O) groups is 1. The van der Waals surface area contributed by atoms with Gasteiger partial charge in [0.15, 0.2) is 5.75 Å². The largest absolute Gasteiger partial charge is 0.485 e. The van der Waals surface area contributed by atoms with Gasteiger partial charge in [0.25, 0.3) is 0 Å². The summed E-state index contributed by atoms with van der Waals surface area (Å²) in [5.74, 6) is 1.13. The number of nitrogens with zero attached hydrogens (tertiary/aromatic N) is 3. The molecule has 1 saturated carbocycles. The van der Waals surface area contributed by atoms with Crippen molar-refractivity contribution in [1.29, 1.82) is 0 Å². The number of nitrogens with two attached hydrogens (primary N) is 1. The van der Waals surface area contributed by atoms with Gasteiger partial charge in [-0.3, -0.25) is 4.79 Å². The zero-order valence-electron chi connectivity index (χ0n) is 24.7. The molecule has 0 unspecified atom stereocenters. The van der Waals surface area contributed by atoms with Gasteiger partial charge in [0.1, 0.15) is 11.9 Å². The number of benzene rings is 2. The van der Waals surface area contributed by atoms with Gasteiger partial charge in [-0.05, 0) is 79.1 Å². The predicted molar refractivity (Wildman–Crippen MR) is 174 cm³/mol. The van der Waals surface area contributed by atoms with Gasteiger partial charge >= 0.3 is 0 Å². The molecule has 2 heterocycles. The Morgan fingerprint density at radius 1 is 1.07 bits per heavy atom. The first-order chi connectivity index (χ1) is 20.7. The molecule has 0 radical (unpaired) electrons. The Morgan fingerprint density at radius 3 is 2.47 bits per heavy atom. The van der Waals surface area contributed by atoms with Crippen molar-refractivity contribution in [2.75, 3.05) is 38.3 Å². The normalized spacial score (nSPS) is 17.3. The summed E-state index contributed by atoms with van der Waals surface area (Å²) in [4.78, 5) is 22.7. The molecule has 1 amide bonds. The average Bonchev–Trinajstić information content (AvgIpc) is 3.73. The average molecular weight is 646 g/mol. The number of methoxy groups -OCH3 is 1. The molecule has 10 heteroatoms. The summed E-state index contributed by atoms with van der Waals surface area (Å²) >= 11 is 19.3. The highest BCUT2D eigenvalue weighted by atomic mass is 35.5. The molecule has 7 nitrogen and oxygen atoms in total. The second-order valence-electron chi connectivity index (χ2n) is 11.6. The van der Waals surface area contributed by atoms with E-state index in [0.717, 1.165) is 60.3 Å². The topological polar surface area (TPSA) is 80.9 Å². The maximum Gasteiger partial charge on any atom is 0.227 e. The molecule has 1 aliphatic heterocycles. The molecule has 2 fully saturated rings. The Bertz CT molecular complexity index is 1390. The summed E-state index contributed by atoms with van der Waals surface area (Å²) in [5, 5.41) is 1.71. The number of rotatable bonds is 13. The molecule has 0 bridgehead atoms. The summed E-state index contributed by atoms with van der Waals surface area (Å²) in [7, 11) is 1.69. The molecule has 2 aromatic carbocycles. The summed E-state index contributed by atoms with van der Waals surface area (Å²) in [6.07, 6.45) is 5.98. The molecule has 2 atom stereocenters. The molecule has 1 saturated heterocycles. The first-order valence-electron chi connectivity index (χ1n) is 14.8. The van der Waals surface area contributed by atoms with E-state index >= 15 is 0 Å². The van der Waals surface area contributed by atoms with Crippen molar-refractivity contribution >= 4 is 46.5 Å². The Kier molecular flexibility index (Phi) is 10.7. The van der Waals surface area contributed by atoms with Crippen LogP contribution in [0.2, 0.25) is 15.1 Å². The number of ether oxygens (including phenoxy) is 2. The minimum Gasteiger partial charge on any atom is -0.485 e. The molecule has 43 heavy (non-hydrogen) atoms. The van der Waals surface area contributed by atoms with Crippen LogP contribution in [0.5, 0.6) is 5.75 Å². The minimum atomic E-state index is -0.336. The number of amides is 1. The Balaban J connectivity index is 1.20. The zero-order valence-corrected chi connectivity index (χ0v) is 27.0. The van der Waals surface area contributed by atoms with Crippen LogP contribution in [-0.4, -0.2) is 61.3 Å². The van der Waals surface area contributed by atoms with Crippen LogP contribution in [0, 0.1) is 12.8 Å². The Morgan fingerprint density at radius 2 is 1.81 bits per heavy atom. The van der Waals surface area contributed by atoms with Crippen molar-refractivity contribution in [2.24, 2.45) is 11.7 Å². The van der Waals surface area contributed by atoms with Crippen LogP contribution in [0.1, 0.15) is 41.5 Å². The van der Waals surface area contributed by atoms with Crippen LogP contribution in [0.3, 0.4) is 0 Å². The Hall–Kier alpha value is -2.55. The molecule has 0 spiro atoms. The van der Waals surface area contributed by atoms with Crippen molar-refractivity contribution in [3.05, 3.63) is 86.0 Å². The molecular weight excluding hydrogens is 607 g/mol. The molecule has 1 aliphatic carbocycles. The third-order valence-corrected chi connectivity index (χ3v) is 9.07. The fourth-order valence-corrected chi connectivity index (χ4v) is 6.46. The van der Waals surface area contributed by atoms with Crippen LogP contribution in [-0.2, 0) is 28.9 Å². The lowest BCUT2D eigenvalue weighted by molar-refractivity contribution is -0.136. The zero-order chi connectivity index (χ0) is 30.5. The van der Waals surface area contributed by atoms with E-state index in [-0.39, 0.29) is 30.5 Å². The summed E-state index contributed by atoms with van der Waals surface area (Å²) in [5.41, 5.74) is 10.2. The minimum absolute atomic E-state index is 0.0407. The first kappa shape index (κ1) is 31.9. The highest BCUT2D eigenvalue weighted by Gasteiger charge is 2.36. The number of hydrogen-bond acceptors (Lipinski definition) is 6. The van der Waals surface area contributed by atoms with Gasteiger partial charge in [-0.1, -0.05) is 53.0 Å². The van der Waals surface area contributed by atoms with E-state index in [0.29, 0.717) is 46.9 Å². The fourth-order valence-electron chi connectivity index (χ4n) is 5.59. The van der Waals surface area contributed by atoms with E-state index in [1.807, 2.05) is 54.4 Å². The highest BCUT2D eigenvalue weighted by Crippen LogP contribution is 2.36. The van der Waals surface area contributed by atoms with Gasteiger partial charge in [0.2, 0.25) is 5.91 Å². The van der Waals surface area contributed by atoms with Gasteiger partial charge in [-0.2, -0.15) is 0 Å². The van der Waals surface area contributed by atoms with E-state index < -0.39 is 0 Å². The lowest BCUT2D eigenvalue weighted by atomic mass is 9.98. The van der Waals surface area contributed by atoms with Crippen molar-refractivity contribution in [2.45, 2.75) is 57.7 Å². The summed E-state index contributed by atoms with van der Waals surface area (Å²) < 4.78 is 11.4. The third kappa shape index (κ3) is 8.14. The van der Waals surface area contributed by atoms with Gasteiger partial charge in [0, 0.05) is 50.4 Å². The lowest BCUT2D eigenvalue weighted by Crippen LogP contribution is -2.41. The van der Waals surface area contributed by atoms with Crippen LogP contribution in [0.4, 0.5) is 5.82 Å². The van der Waals surface area contributed by atoms with Crippen molar-refractivity contribution in [1.82, 2.24) is 9.88 Å². The van der Waals surface area contributed by atoms with Gasteiger partial charge in [-0.15, -0.1) is 0 Å². The van der Waals surface area contributed by atoms with Crippen LogP contribution >= 0.6 is 34.8 Å². The predicted octanol–water partition coefficient (Wildman–Crippen LogP) is 6.51. The van der Waals surface area contributed by atoms with Crippen molar-refractivity contribution in [3.63, 3.8) is 0 Å². The highest BCUT2D eigenvalue weighted by molar-refractivity contribution is 6.37. The van der Waals surface area contributed by atoms with Gasteiger partial charge < -0.3 is 25.0 Å². The van der Waals surface area contributed by atoms with E-state index in [1.165, 1.54) is 0 Å². The maximum atomic E-state index is 13.8. The molecule has 2 N–H and O–H groups in total. The maximum absolute atomic E-state index is 13.8. The number of aryl methyl sites for hydroxylation is 1. The molecule has 1 aromatic heterocycles. The van der Waals surface area contributed by atoms with Crippen molar-refractivity contribution < 1.29 is 14.3 Å². The van der Waals surface area contributed by atoms with Crippen LogP contribution < -0.4 is 15.4 Å². The van der Waals surface area contributed by atoms with E-state index in [1.54, 1.807) is 7.11 Å². The second-order valence-corrected chi connectivity index (χ2v) is 12.8. The molecule has 3 aromatic rings. The smallest absolute Gasteiger partial charge is 0.227 e. The number of hydrogen-bond donors (Lipinski definition) is 1. The molecular formula is C33H39Cl3N4O3. The third-order valence-electron chi connectivity index (χ3n) is 8.14. The van der Waals surface area contributed by atoms with Crippen molar-refractivity contribution in [3.8, 4) is 5.75 Å². The van der Waals surface area contributed by atoms with E-state index in [9.17, 15) is 4.79 Å². The molecule has 230 valence electrons. The Labute approximate surface area is 269 Å². The molecule has 2 aliphatic rings.